The fraction of sp³-hybridized carbons (Fsp3) is 0.406. The molecule has 1 N–H and O–H groups in total. The van der Waals surface area contributed by atoms with E-state index in [1.54, 1.807) is 24.5 Å². The van der Waals surface area contributed by atoms with Crippen molar-refractivity contribution in [2.45, 2.75) is 44.6 Å². The molecule has 7 nitrogen and oxygen atoms in total. The van der Waals surface area contributed by atoms with Crippen molar-refractivity contribution in [3.63, 3.8) is 0 Å². The van der Waals surface area contributed by atoms with Crippen LogP contribution in [-0.4, -0.2) is 72.0 Å². The molecule has 0 aliphatic carbocycles. The number of carbonyl (C=O) groups is 2. The number of benzene rings is 2. The van der Waals surface area contributed by atoms with Crippen LogP contribution in [0.5, 0.6) is 5.75 Å². The standard InChI is InChI=1S/C32H36Cl2N4O3/c33-28-9-8-23(18-29(28)34)19-31(39)38-16-10-26(11-17-38)41-30-7-2-1-6-27(30)24-20-25(22-35-21-24)32(40)36-12-5-15-37-13-3-4-14-37/h1-2,6-9,18,20-22,26H,3-5,10-17,19H2,(H,36,40). The molecular formula is C32H36Cl2N4O3. The maximum Gasteiger partial charge on any atom is 0.252 e. The molecule has 2 aliphatic rings. The lowest BCUT2D eigenvalue weighted by Crippen LogP contribution is -2.42. The Balaban J connectivity index is 1.15. The zero-order valence-corrected chi connectivity index (χ0v) is 24.7. The van der Waals surface area contributed by atoms with Crippen LogP contribution >= 0.6 is 23.2 Å². The molecule has 0 spiro atoms. The molecule has 2 fully saturated rings. The van der Waals surface area contributed by atoms with E-state index >= 15 is 0 Å². The van der Waals surface area contributed by atoms with Gasteiger partial charge in [-0.2, -0.15) is 0 Å². The lowest BCUT2D eigenvalue weighted by atomic mass is 10.0. The Kier molecular flexibility index (Phi) is 10.1. The van der Waals surface area contributed by atoms with E-state index in [-0.39, 0.29) is 17.9 Å². The van der Waals surface area contributed by atoms with Crippen LogP contribution in [0.25, 0.3) is 11.1 Å². The molecule has 3 aromatic rings. The van der Waals surface area contributed by atoms with Gasteiger partial charge >= 0.3 is 0 Å². The Morgan fingerprint density at radius 2 is 1.73 bits per heavy atom. The van der Waals surface area contributed by atoms with Crippen LogP contribution in [0.2, 0.25) is 10.0 Å². The fourth-order valence-corrected chi connectivity index (χ4v) is 5.79. The van der Waals surface area contributed by atoms with Gasteiger partial charge in [-0.05, 0) is 68.7 Å². The summed E-state index contributed by atoms with van der Waals surface area (Å²) in [6, 6.07) is 15.0. The van der Waals surface area contributed by atoms with E-state index in [2.05, 4.69) is 15.2 Å². The summed E-state index contributed by atoms with van der Waals surface area (Å²) < 4.78 is 6.44. The summed E-state index contributed by atoms with van der Waals surface area (Å²) in [4.78, 5) is 34.4. The van der Waals surface area contributed by atoms with Crippen LogP contribution in [-0.2, 0) is 11.2 Å². The van der Waals surface area contributed by atoms with E-state index in [0.717, 1.165) is 48.2 Å². The fourth-order valence-electron chi connectivity index (χ4n) is 5.47. The van der Waals surface area contributed by atoms with Crippen molar-refractivity contribution in [2.24, 2.45) is 0 Å². The summed E-state index contributed by atoms with van der Waals surface area (Å²) in [6.07, 6.45) is 8.60. The molecule has 0 saturated carbocycles. The zero-order valence-electron chi connectivity index (χ0n) is 23.2. The molecule has 0 unspecified atom stereocenters. The van der Waals surface area contributed by atoms with E-state index in [1.807, 2.05) is 41.3 Å². The van der Waals surface area contributed by atoms with Crippen molar-refractivity contribution < 1.29 is 14.3 Å². The number of halogens is 2. The van der Waals surface area contributed by atoms with Crippen LogP contribution in [0.4, 0.5) is 0 Å². The number of rotatable bonds is 10. The topological polar surface area (TPSA) is 74.8 Å². The molecule has 3 heterocycles. The summed E-state index contributed by atoms with van der Waals surface area (Å²) in [6.45, 7) is 5.25. The lowest BCUT2D eigenvalue weighted by molar-refractivity contribution is -0.132. The molecule has 2 aromatic carbocycles. The number of likely N-dealkylation sites (tertiary alicyclic amines) is 2. The number of hydrogen-bond donors (Lipinski definition) is 1. The smallest absolute Gasteiger partial charge is 0.252 e. The van der Waals surface area contributed by atoms with Gasteiger partial charge in [-0.3, -0.25) is 14.6 Å². The second-order valence-corrected chi connectivity index (χ2v) is 11.6. The van der Waals surface area contributed by atoms with Crippen molar-refractivity contribution in [3.8, 4) is 16.9 Å². The van der Waals surface area contributed by atoms with Crippen LogP contribution in [0.1, 0.15) is 48.0 Å². The molecule has 0 atom stereocenters. The molecule has 41 heavy (non-hydrogen) atoms. The molecule has 0 radical (unpaired) electrons. The predicted molar refractivity (Wildman–Crippen MR) is 163 cm³/mol. The second kappa shape index (κ2) is 14.2. The number of pyridine rings is 1. The highest BCUT2D eigenvalue weighted by molar-refractivity contribution is 6.42. The Bertz CT molecular complexity index is 1350. The first-order valence-corrected chi connectivity index (χ1v) is 15.2. The van der Waals surface area contributed by atoms with Crippen LogP contribution in [0.3, 0.4) is 0 Å². The largest absolute Gasteiger partial charge is 0.490 e. The van der Waals surface area contributed by atoms with Gasteiger partial charge in [0.15, 0.2) is 0 Å². The van der Waals surface area contributed by atoms with Crippen LogP contribution in [0, 0.1) is 0 Å². The summed E-state index contributed by atoms with van der Waals surface area (Å²) in [5.41, 5.74) is 3.11. The number of aromatic nitrogens is 1. The summed E-state index contributed by atoms with van der Waals surface area (Å²) in [7, 11) is 0. The zero-order chi connectivity index (χ0) is 28.6. The van der Waals surface area contributed by atoms with E-state index < -0.39 is 0 Å². The molecule has 1 aromatic heterocycles. The van der Waals surface area contributed by atoms with Gasteiger partial charge in [-0.15, -0.1) is 0 Å². The first-order valence-electron chi connectivity index (χ1n) is 14.4. The molecular weight excluding hydrogens is 559 g/mol. The van der Waals surface area contributed by atoms with Crippen molar-refractivity contribution in [1.29, 1.82) is 0 Å². The maximum atomic E-state index is 12.9. The minimum absolute atomic E-state index is 0.0137. The summed E-state index contributed by atoms with van der Waals surface area (Å²) in [5.74, 6) is 0.703. The summed E-state index contributed by atoms with van der Waals surface area (Å²) >= 11 is 12.1. The van der Waals surface area contributed by atoms with E-state index in [4.69, 9.17) is 27.9 Å². The number of nitrogens with one attached hydrogen (secondary N) is 1. The highest BCUT2D eigenvalue weighted by Crippen LogP contribution is 2.32. The molecule has 5 rings (SSSR count). The number of carbonyl (C=O) groups excluding carboxylic acids is 2. The maximum absolute atomic E-state index is 12.9. The Hall–Kier alpha value is -3.13. The van der Waals surface area contributed by atoms with Crippen molar-refractivity contribution in [1.82, 2.24) is 20.1 Å². The van der Waals surface area contributed by atoms with Crippen molar-refractivity contribution >= 4 is 35.0 Å². The van der Waals surface area contributed by atoms with Gasteiger partial charge in [0.2, 0.25) is 5.91 Å². The first kappa shape index (κ1) is 29.4. The predicted octanol–water partition coefficient (Wildman–Crippen LogP) is 5.88. The quantitative estimate of drug-likeness (QED) is 0.296. The van der Waals surface area contributed by atoms with Gasteiger partial charge in [-0.25, -0.2) is 0 Å². The Labute approximate surface area is 251 Å². The van der Waals surface area contributed by atoms with E-state index in [0.29, 0.717) is 41.7 Å². The Morgan fingerprint density at radius 1 is 0.951 bits per heavy atom. The number of piperidine rings is 1. The van der Waals surface area contributed by atoms with E-state index in [9.17, 15) is 9.59 Å². The minimum Gasteiger partial charge on any atom is -0.490 e. The van der Waals surface area contributed by atoms with Gasteiger partial charge in [0.1, 0.15) is 11.9 Å². The van der Waals surface area contributed by atoms with Gasteiger partial charge < -0.3 is 19.9 Å². The Morgan fingerprint density at radius 3 is 2.51 bits per heavy atom. The second-order valence-electron chi connectivity index (χ2n) is 10.7. The normalized spacial score (nSPS) is 16.1. The molecule has 2 aliphatic heterocycles. The third kappa shape index (κ3) is 8.00. The number of amides is 2. The van der Waals surface area contributed by atoms with Crippen LogP contribution in [0.15, 0.2) is 60.9 Å². The molecule has 9 heteroatoms. The molecule has 0 bridgehead atoms. The number of nitrogens with zero attached hydrogens (tertiary/aromatic N) is 3. The average Bonchev–Trinajstić information content (AvgIpc) is 3.51. The van der Waals surface area contributed by atoms with Gasteiger partial charge in [0.25, 0.3) is 5.91 Å². The highest BCUT2D eigenvalue weighted by atomic mass is 35.5. The highest BCUT2D eigenvalue weighted by Gasteiger charge is 2.25. The molecule has 2 amide bonds. The van der Waals surface area contributed by atoms with Crippen molar-refractivity contribution in [2.75, 3.05) is 39.3 Å². The van der Waals surface area contributed by atoms with E-state index in [1.165, 1.54) is 25.9 Å². The third-order valence-electron chi connectivity index (χ3n) is 7.76. The SMILES string of the molecule is O=C(NCCCN1CCCC1)c1cncc(-c2ccccc2OC2CCN(C(=O)Cc3ccc(Cl)c(Cl)c3)CC2)c1. The number of ether oxygens (including phenoxy) is 1. The number of hydrogen-bond acceptors (Lipinski definition) is 5. The van der Waals surface area contributed by atoms with Gasteiger partial charge in [-0.1, -0.05) is 47.5 Å². The van der Waals surface area contributed by atoms with Crippen molar-refractivity contribution in [3.05, 3.63) is 82.1 Å². The number of para-hydroxylation sites is 1. The monoisotopic (exact) mass is 594 g/mol. The average molecular weight is 596 g/mol. The third-order valence-corrected chi connectivity index (χ3v) is 8.50. The summed E-state index contributed by atoms with van der Waals surface area (Å²) in [5, 5.41) is 3.97. The molecule has 216 valence electrons. The molecule has 2 saturated heterocycles. The van der Waals surface area contributed by atoms with Gasteiger partial charge in [0, 0.05) is 56.0 Å². The van der Waals surface area contributed by atoms with Crippen LogP contribution < -0.4 is 10.1 Å². The first-order chi connectivity index (χ1) is 20.0. The minimum atomic E-state index is -0.114. The van der Waals surface area contributed by atoms with Gasteiger partial charge in [0.05, 0.1) is 22.0 Å². The lowest BCUT2D eigenvalue weighted by Gasteiger charge is -2.32.